The molecule has 2 rings (SSSR count). The third-order valence-electron chi connectivity index (χ3n) is 4.38. The van der Waals surface area contributed by atoms with Crippen LogP contribution in [0.4, 0.5) is 11.4 Å². The number of likely N-dealkylation sites (N-methyl/N-ethyl adjacent to an activating group) is 1. The van der Waals surface area contributed by atoms with Crippen molar-refractivity contribution in [3.8, 4) is 0 Å². The number of nitrogen functional groups attached to an aromatic ring is 1. The standard InChI is InChI=1S/C17H26N2O2/c1-17(2)10-8-15(9-11-17)21-12-16(20)19(3)14-6-4-13(18)5-7-14/h4-7,15H,8-12,18H2,1-3H3. The summed E-state index contributed by atoms with van der Waals surface area (Å²) in [4.78, 5) is 13.8. The number of carbonyl (C=O) groups excluding carboxylic acids is 1. The van der Waals surface area contributed by atoms with E-state index in [2.05, 4.69) is 13.8 Å². The van der Waals surface area contributed by atoms with Gasteiger partial charge in [-0.05, 0) is 55.4 Å². The Labute approximate surface area is 127 Å². The molecule has 1 saturated carbocycles. The number of rotatable bonds is 4. The smallest absolute Gasteiger partial charge is 0.252 e. The highest BCUT2D eigenvalue weighted by atomic mass is 16.5. The van der Waals surface area contributed by atoms with Crippen molar-refractivity contribution >= 4 is 17.3 Å². The zero-order chi connectivity index (χ0) is 15.5. The highest BCUT2D eigenvalue weighted by Gasteiger charge is 2.27. The van der Waals surface area contributed by atoms with E-state index in [0.717, 1.165) is 18.5 Å². The lowest BCUT2D eigenvalue weighted by Gasteiger charge is -2.34. The second kappa shape index (κ2) is 6.48. The molecule has 2 N–H and O–H groups in total. The summed E-state index contributed by atoms with van der Waals surface area (Å²) in [6, 6.07) is 7.28. The third kappa shape index (κ3) is 4.46. The second-order valence-electron chi connectivity index (χ2n) is 6.72. The number of carbonyl (C=O) groups is 1. The highest BCUT2D eigenvalue weighted by molar-refractivity contribution is 5.93. The van der Waals surface area contributed by atoms with Gasteiger partial charge in [0.2, 0.25) is 0 Å². The van der Waals surface area contributed by atoms with Crippen molar-refractivity contribution in [1.82, 2.24) is 0 Å². The van der Waals surface area contributed by atoms with E-state index in [9.17, 15) is 4.79 Å². The molecule has 0 atom stereocenters. The number of hydrogen-bond donors (Lipinski definition) is 1. The molecule has 1 fully saturated rings. The topological polar surface area (TPSA) is 55.6 Å². The first-order valence-corrected chi connectivity index (χ1v) is 7.61. The van der Waals surface area contributed by atoms with Gasteiger partial charge < -0.3 is 15.4 Å². The molecular weight excluding hydrogens is 264 g/mol. The molecule has 0 aromatic heterocycles. The Morgan fingerprint density at radius 1 is 1.29 bits per heavy atom. The fourth-order valence-corrected chi connectivity index (χ4v) is 2.67. The Morgan fingerprint density at radius 3 is 2.43 bits per heavy atom. The van der Waals surface area contributed by atoms with Crippen LogP contribution >= 0.6 is 0 Å². The van der Waals surface area contributed by atoms with Gasteiger partial charge in [-0.3, -0.25) is 4.79 Å². The van der Waals surface area contributed by atoms with E-state index < -0.39 is 0 Å². The molecule has 0 heterocycles. The third-order valence-corrected chi connectivity index (χ3v) is 4.38. The Balaban J connectivity index is 1.80. The Morgan fingerprint density at radius 2 is 1.86 bits per heavy atom. The van der Waals surface area contributed by atoms with Crippen LogP contribution in [-0.4, -0.2) is 25.7 Å². The quantitative estimate of drug-likeness (QED) is 0.866. The molecule has 0 radical (unpaired) electrons. The Kier molecular flexibility index (Phi) is 4.88. The minimum absolute atomic E-state index is 0.0235. The fourth-order valence-electron chi connectivity index (χ4n) is 2.67. The summed E-state index contributed by atoms with van der Waals surface area (Å²) in [5.41, 5.74) is 7.60. The van der Waals surface area contributed by atoms with Crippen LogP contribution in [0.1, 0.15) is 39.5 Å². The fraction of sp³-hybridized carbons (Fsp3) is 0.588. The van der Waals surface area contributed by atoms with Crippen LogP contribution in [0.15, 0.2) is 24.3 Å². The average molecular weight is 290 g/mol. The largest absolute Gasteiger partial charge is 0.399 e. The van der Waals surface area contributed by atoms with E-state index in [4.69, 9.17) is 10.5 Å². The van der Waals surface area contributed by atoms with Crippen molar-refractivity contribution in [3.05, 3.63) is 24.3 Å². The van der Waals surface area contributed by atoms with Gasteiger partial charge in [-0.1, -0.05) is 13.8 Å². The molecule has 0 unspecified atom stereocenters. The molecule has 0 bridgehead atoms. The van der Waals surface area contributed by atoms with Crippen LogP contribution in [0, 0.1) is 5.41 Å². The number of hydrogen-bond acceptors (Lipinski definition) is 3. The van der Waals surface area contributed by atoms with Crippen molar-refractivity contribution in [2.24, 2.45) is 5.41 Å². The molecule has 0 saturated heterocycles. The van der Waals surface area contributed by atoms with Gasteiger partial charge in [-0.15, -0.1) is 0 Å². The molecular formula is C17H26N2O2. The average Bonchev–Trinajstić information content (AvgIpc) is 2.46. The molecule has 1 aromatic carbocycles. The van der Waals surface area contributed by atoms with Crippen LogP contribution in [0.3, 0.4) is 0 Å². The minimum atomic E-state index is -0.0235. The maximum atomic E-state index is 12.2. The molecule has 1 amide bonds. The lowest BCUT2D eigenvalue weighted by molar-refractivity contribution is -0.125. The van der Waals surface area contributed by atoms with Crippen molar-refractivity contribution in [1.29, 1.82) is 0 Å². The van der Waals surface area contributed by atoms with Gasteiger partial charge in [0.25, 0.3) is 5.91 Å². The van der Waals surface area contributed by atoms with Crippen LogP contribution in [0.5, 0.6) is 0 Å². The molecule has 1 aliphatic rings. The van der Waals surface area contributed by atoms with E-state index in [0.29, 0.717) is 11.1 Å². The molecule has 21 heavy (non-hydrogen) atoms. The maximum absolute atomic E-state index is 12.2. The van der Waals surface area contributed by atoms with Crippen LogP contribution < -0.4 is 10.6 Å². The molecule has 4 nitrogen and oxygen atoms in total. The van der Waals surface area contributed by atoms with Crippen molar-refractivity contribution in [3.63, 3.8) is 0 Å². The summed E-state index contributed by atoms with van der Waals surface area (Å²) in [5.74, 6) is -0.0235. The van der Waals surface area contributed by atoms with Crippen LogP contribution in [-0.2, 0) is 9.53 Å². The van der Waals surface area contributed by atoms with Gasteiger partial charge in [-0.25, -0.2) is 0 Å². The van der Waals surface area contributed by atoms with E-state index in [1.54, 1.807) is 24.1 Å². The van der Waals surface area contributed by atoms with Crippen LogP contribution in [0.25, 0.3) is 0 Å². The monoisotopic (exact) mass is 290 g/mol. The first-order chi connectivity index (χ1) is 9.87. The highest BCUT2D eigenvalue weighted by Crippen LogP contribution is 2.36. The molecule has 0 spiro atoms. The first-order valence-electron chi connectivity index (χ1n) is 7.61. The van der Waals surface area contributed by atoms with E-state index in [-0.39, 0.29) is 18.6 Å². The Hall–Kier alpha value is -1.55. The summed E-state index contributed by atoms with van der Waals surface area (Å²) >= 11 is 0. The SMILES string of the molecule is CN(C(=O)COC1CCC(C)(C)CC1)c1ccc(N)cc1. The number of amides is 1. The minimum Gasteiger partial charge on any atom is -0.399 e. The van der Waals surface area contributed by atoms with Crippen LogP contribution in [0.2, 0.25) is 0 Å². The van der Waals surface area contributed by atoms with Gasteiger partial charge in [-0.2, -0.15) is 0 Å². The van der Waals surface area contributed by atoms with Gasteiger partial charge in [0.05, 0.1) is 6.10 Å². The van der Waals surface area contributed by atoms with Gasteiger partial charge >= 0.3 is 0 Å². The lowest BCUT2D eigenvalue weighted by atomic mass is 9.76. The summed E-state index contributed by atoms with van der Waals surface area (Å²) in [6.07, 6.45) is 4.65. The number of nitrogens with zero attached hydrogens (tertiary/aromatic N) is 1. The van der Waals surface area contributed by atoms with E-state index >= 15 is 0 Å². The summed E-state index contributed by atoms with van der Waals surface area (Å²) in [5, 5.41) is 0. The van der Waals surface area contributed by atoms with Crippen molar-refractivity contribution < 1.29 is 9.53 Å². The summed E-state index contributed by atoms with van der Waals surface area (Å²) < 4.78 is 5.79. The second-order valence-corrected chi connectivity index (χ2v) is 6.72. The van der Waals surface area contributed by atoms with Gasteiger partial charge in [0, 0.05) is 18.4 Å². The summed E-state index contributed by atoms with van der Waals surface area (Å²) in [7, 11) is 1.77. The van der Waals surface area contributed by atoms with Gasteiger partial charge in [0.1, 0.15) is 6.61 Å². The lowest BCUT2D eigenvalue weighted by Crippen LogP contribution is -2.33. The molecule has 0 aliphatic heterocycles. The zero-order valence-electron chi connectivity index (χ0n) is 13.3. The molecule has 1 aromatic rings. The molecule has 1 aliphatic carbocycles. The van der Waals surface area contributed by atoms with Crippen molar-refractivity contribution in [2.75, 3.05) is 24.3 Å². The number of nitrogens with two attached hydrogens (primary N) is 1. The summed E-state index contributed by atoms with van der Waals surface area (Å²) in [6.45, 7) is 4.73. The number of ether oxygens (including phenoxy) is 1. The molecule has 116 valence electrons. The number of anilines is 2. The number of benzene rings is 1. The Bertz CT molecular complexity index is 472. The molecule has 4 heteroatoms. The van der Waals surface area contributed by atoms with Gasteiger partial charge in [0.15, 0.2) is 0 Å². The normalized spacial score (nSPS) is 18.4. The zero-order valence-corrected chi connectivity index (χ0v) is 13.3. The first kappa shape index (κ1) is 15.8. The van der Waals surface area contributed by atoms with E-state index in [1.165, 1.54) is 12.8 Å². The van der Waals surface area contributed by atoms with Crippen molar-refractivity contribution in [2.45, 2.75) is 45.6 Å². The van der Waals surface area contributed by atoms with E-state index in [1.807, 2.05) is 12.1 Å². The predicted molar refractivity (Wildman–Crippen MR) is 86.3 cm³/mol. The predicted octanol–water partition coefficient (Wildman–Crippen LogP) is 3.22. The maximum Gasteiger partial charge on any atom is 0.252 e.